The Morgan fingerprint density at radius 3 is 2.36 bits per heavy atom. The Morgan fingerprint density at radius 2 is 2.07 bits per heavy atom. The zero-order valence-electron chi connectivity index (χ0n) is 6.87. The van der Waals surface area contributed by atoms with Crippen LogP contribution in [0.5, 0.6) is 0 Å². The quantitative estimate of drug-likeness (QED) is 0.691. The number of aliphatic carboxylic acids is 1. The van der Waals surface area contributed by atoms with Crippen molar-refractivity contribution in [1.29, 1.82) is 0 Å². The highest BCUT2D eigenvalue weighted by molar-refractivity contribution is 5.85. The third-order valence-electron chi connectivity index (χ3n) is 1.68. The number of morpholine rings is 1. The number of ether oxygens (including phenoxy) is 1. The van der Waals surface area contributed by atoms with Crippen molar-refractivity contribution >= 4 is 18.4 Å². The third-order valence-corrected chi connectivity index (χ3v) is 1.68. The first-order chi connectivity index (χ1) is 5.91. The summed E-state index contributed by atoms with van der Waals surface area (Å²) in [5.74, 6) is -1.21. The van der Waals surface area contributed by atoms with Crippen LogP contribution < -0.4 is 5.32 Å². The summed E-state index contributed by atoms with van der Waals surface area (Å²) in [5, 5.41) is 10.6. The summed E-state index contributed by atoms with van der Waals surface area (Å²) >= 11 is 0. The van der Waals surface area contributed by atoms with Gasteiger partial charge in [-0.3, -0.25) is 10.1 Å². The lowest BCUT2D eigenvalue weighted by atomic mass is 10.2. The van der Waals surface area contributed by atoms with E-state index in [4.69, 9.17) is 5.11 Å². The number of carbonyl (C=O) groups is 1. The first-order valence-electron chi connectivity index (χ1n) is 3.56. The fourth-order valence-electron chi connectivity index (χ4n) is 0.948. The number of halogens is 4. The summed E-state index contributed by atoms with van der Waals surface area (Å²) in [7, 11) is 0. The van der Waals surface area contributed by atoms with Gasteiger partial charge in [-0.25, -0.2) is 0 Å². The normalized spacial score (nSPS) is 27.9. The minimum atomic E-state index is -4.43. The van der Waals surface area contributed by atoms with E-state index in [1.807, 2.05) is 0 Å². The van der Waals surface area contributed by atoms with E-state index in [9.17, 15) is 18.0 Å². The molecule has 0 radical (unpaired) electrons. The average molecular weight is 236 g/mol. The number of alkyl halides is 3. The molecule has 1 rings (SSSR count). The standard InChI is InChI=1S/C6H8F3NO3.ClH/c7-6(8,9)4-1-10-3(2-13-4)5(11)12;/h3-4,10H,1-2H2,(H,11,12);1H/t3-,4-;/m1./s1. The SMILES string of the molecule is Cl.O=C(O)[C@H]1CO[C@@H](C(F)(F)F)CN1. The Labute approximate surface area is 83.8 Å². The highest BCUT2D eigenvalue weighted by Crippen LogP contribution is 2.24. The van der Waals surface area contributed by atoms with E-state index in [-0.39, 0.29) is 12.4 Å². The van der Waals surface area contributed by atoms with Gasteiger partial charge in [0, 0.05) is 6.54 Å². The third kappa shape index (κ3) is 3.32. The molecular formula is C6H9ClF3NO3. The second-order valence-corrected chi connectivity index (χ2v) is 2.66. The van der Waals surface area contributed by atoms with Gasteiger partial charge in [0.15, 0.2) is 6.10 Å². The maximum Gasteiger partial charge on any atom is 0.415 e. The molecule has 0 unspecified atom stereocenters. The fourth-order valence-corrected chi connectivity index (χ4v) is 0.948. The van der Waals surface area contributed by atoms with E-state index in [0.717, 1.165) is 0 Å². The largest absolute Gasteiger partial charge is 0.480 e. The van der Waals surface area contributed by atoms with Crippen LogP contribution in [0.1, 0.15) is 0 Å². The van der Waals surface area contributed by atoms with Gasteiger partial charge >= 0.3 is 12.1 Å². The Balaban J connectivity index is 0.00000169. The van der Waals surface area contributed by atoms with Gasteiger partial charge in [0.25, 0.3) is 0 Å². The second kappa shape index (κ2) is 4.81. The number of nitrogens with one attached hydrogen (secondary N) is 1. The summed E-state index contributed by atoms with van der Waals surface area (Å²) in [4.78, 5) is 10.3. The Hall–Kier alpha value is -0.530. The zero-order chi connectivity index (χ0) is 10.1. The summed E-state index contributed by atoms with van der Waals surface area (Å²) in [6, 6.07) is -1.04. The van der Waals surface area contributed by atoms with Crippen LogP contribution >= 0.6 is 12.4 Å². The van der Waals surface area contributed by atoms with Crippen molar-refractivity contribution in [2.45, 2.75) is 18.3 Å². The molecule has 0 aromatic heterocycles. The minimum Gasteiger partial charge on any atom is -0.480 e. The molecule has 0 aliphatic carbocycles. The van der Waals surface area contributed by atoms with Crippen molar-refractivity contribution in [3.05, 3.63) is 0 Å². The van der Waals surface area contributed by atoms with Crippen molar-refractivity contribution in [1.82, 2.24) is 5.32 Å². The molecule has 0 bridgehead atoms. The fraction of sp³-hybridized carbons (Fsp3) is 0.833. The number of hydrogen-bond acceptors (Lipinski definition) is 3. The molecule has 1 saturated heterocycles. The van der Waals surface area contributed by atoms with Crippen molar-refractivity contribution in [2.24, 2.45) is 0 Å². The molecule has 0 spiro atoms. The van der Waals surface area contributed by atoms with E-state index in [1.54, 1.807) is 0 Å². The maximum absolute atomic E-state index is 12.0. The van der Waals surface area contributed by atoms with Crippen LogP contribution in [0.3, 0.4) is 0 Å². The average Bonchev–Trinajstić information content (AvgIpc) is 2.03. The highest BCUT2D eigenvalue weighted by atomic mass is 35.5. The number of carboxylic acid groups (broad SMARTS) is 1. The molecule has 0 aromatic carbocycles. The lowest BCUT2D eigenvalue weighted by Crippen LogP contribution is -2.54. The van der Waals surface area contributed by atoms with E-state index < -0.39 is 37.4 Å². The van der Waals surface area contributed by atoms with Gasteiger partial charge in [-0.05, 0) is 0 Å². The molecule has 1 heterocycles. The van der Waals surface area contributed by atoms with Gasteiger partial charge in [0.05, 0.1) is 6.61 Å². The van der Waals surface area contributed by atoms with E-state index in [0.29, 0.717) is 0 Å². The Bertz CT molecular complexity index is 203. The summed E-state index contributed by atoms with van der Waals surface area (Å²) < 4.78 is 40.2. The lowest BCUT2D eigenvalue weighted by molar-refractivity contribution is -0.229. The predicted molar refractivity (Wildman–Crippen MR) is 42.5 cm³/mol. The number of hydrogen-bond donors (Lipinski definition) is 2. The molecule has 84 valence electrons. The van der Waals surface area contributed by atoms with Gasteiger partial charge in [0.2, 0.25) is 0 Å². The molecule has 1 aliphatic rings. The molecule has 8 heteroatoms. The molecule has 1 aliphatic heterocycles. The maximum atomic E-state index is 12.0. The van der Waals surface area contributed by atoms with Crippen molar-refractivity contribution in [3.8, 4) is 0 Å². The van der Waals surface area contributed by atoms with Gasteiger partial charge in [0.1, 0.15) is 6.04 Å². The van der Waals surface area contributed by atoms with Crippen LogP contribution in [0, 0.1) is 0 Å². The monoisotopic (exact) mass is 235 g/mol. The summed E-state index contributed by atoms with van der Waals surface area (Å²) in [5.41, 5.74) is 0. The van der Waals surface area contributed by atoms with Crippen LogP contribution in [0.25, 0.3) is 0 Å². The second-order valence-electron chi connectivity index (χ2n) is 2.66. The number of rotatable bonds is 1. The van der Waals surface area contributed by atoms with E-state index in [1.165, 1.54) is 0 Å². The van der Waals surface area contributed by atoms with Gasteiger partial charge in [-0.1, -0.05) is 0 Å². The minimum absolute atomic E-state index is 0. The topological polar surface area (TPSA) is 58.6 Å². The van der Waals surface area contributed by atoms with E-state index >= 15 is 0 Å². The molecule has 1 fully saturated rings. The van der Waals surface area contributed by atoms with Gasteiger partial charge in [-0.2, -0.15) is 13.2 Å². The van der Waals surface area contributed by atoms with E-state index in [2.05, 4.69) is 10.1 Å². The van der Waals surface area contributed by atoms with Crippen molar-refractivity contribution in [3.63, 3.8) is 0 Å². The molecular weight excluding hydrogens is 227 g/mol. The van der Waals surface area contributed by atoms with Crippen molar-refractivity contribution in [2.75, 3.05) is 13.2 Å². The first-order valence-corrected chi connectivity index (χ1v) is 3.56. The molecule has 0 saturated carbocycles. The van der Waals surface area contributed by atoms with Crippen molar-refractivity contribution < 1.29 is 27.8 Å². The molecule has 0 amide bonds. The Morgan fingerprint density at radius 1 is 1.50 bits per heavy atom. The molecule has 0 aromatic rings. The summed E-state index contributed by atoms with van der Waals surface area (Å²) in [6.07, 6.45) is -6.33. The van der Waals surface area contributed by atoms with Crippen LogP contribution in [-0.4, -0.2) is 42.5 Å². The first kappa shape index (κ1) is 13.5. The van der Waals surface area contributed by atoms with Crippen LogP contribution in [0.2, 0.25) is 0 Å². The molecule has 4 nitrogen and oxygen atoms in total. The highest BCUT2D eigenvalue weighted by Gasteiger charge is 2.43. The number of carboxylic acids is 1. The van der Waals surface area contributed by atoms with Gasteiger partial charge < -0.3 is 9.84 Å². The molecule has 2 atom stereocenters. The smallest absolute Gasteiger partial charge is 0.415 e. The Kier molecular flexibility index (Phi) is 4.63. The van der Waals surface area contributed by atoms with Crippen LogP contribution in [0.15, 0.2) is 0 Å². The molecule has 2 N–H and O–H groups in total. The van der Waals surface area contributed by atoms with Gasteiger partial charge in [-0.15, -0.1) is 12.4 Å². The molecule has 14 heavy (non-hydrogen) atoms. The summed E-state index contributed by atoms with van der Waals surface area (Å²) in [6.45, 7) is -0.972. The zero-order valence-corrected chi connectivity index (χ0v) is 7.69. The predicted octanol–water partition coefficient (Wildman–Crippen LogP) is 0.412. The van der Waals surface area contributed by atoms with Crippen LogP contribution in [-0.2, 0) is 9.53 Å². The van der Waals surface area contributed by atoms with Crippen LogP contribution in [0.4, 0.5) is 13.2 Å². The lowest BCUT2D eigenvalue weighted by Gasteiger charge is -2.29.